The molecular formula is C8H12N6O2. The minimum Gasteiger partial charge on any atom is -0.344 e. The van der Waals surface area contributed by atoms with Crippen LogP contribution in [-0.2, 0) is 9.59 Å². The summed E-state index contributed by atoms with van der Waals surface area (Å²) in [7, 11) is 0. The van der Waals surface area contributed by atoms with E-state index in [1.54, 1.807) is 6.92 Å². The van der Waals surface area contributed by atoms with Crippen molar-refractivity contribution < 1.29 is 9.59 Å². The topological polar surface area (TPSA) is 113 Å². The van der Waals surface area contributed by atoms with Crippen molar-refractivity contribution in [1.82, 2.24) is 31.3 Å². The summed E-state index contributed by atoms with van der Waals surface area (Å²) in [6, 6.07) is -0.773. The van der Waals surface area contributed by atoms with Crippen LogP contribution in [0.3, 0.4) is 0 Å². The van der Waals surface area contributed by atoms with Gasteiger partial charge >= 0.3 is 0 Å². The van der Waals surface area contributed by atoms with Crippen molar-refractivity contribution in [2.24, 2.45) is 0 Å². The quantitative estimate of drug-likeness (QED) is 0.588. The Bertz CT molecular complexity index is 389. The van der Waals surface area contributed by atoms with E-state index >= 15 is 0 Å². The molecule has 1 aromatic rings. The molecule has 86 valence electrons. The maximum atomic E-state index is 11.7. The Kier molecular flexibility index (Phi) is 2.80. The summed E-state index contributed by atoms with van der Waals surface area (Å²) >= 11 is 0. The highest BCUT2D eigenvalue weighted by Crippen LogP contribution is 2.09. The van der Waals surface area contributed by atoms with E-state index in [0.29, 0.717) is 18.7 Å². The van der Waals surface area contributed by atoms with Crippen LogP contribution in [0.15, 0.2) is 0 Å². The second-order valence-corrected chi connectivity index (χ2v) is 3.66. The van der Waals surface area contributed by atoms with Gasteiger partial charge in [0.25, 0.3) is 0 Å². The normalized spacial score (nSPS) is 21.6. The van der Waals surface area contributed by atoms with Gasteiger partial charge in [-0.05, 0) is 13.3 Å². The lowest BCUT2D eigenvalue weighted by molar-refractivity contribution is -0.126. The summed E-state index contributed by atoms with van der Waals surface area (Å²) in [4.78, 5) is 22.6. The number of rotatable bonds is 3. The van der Waals surface area contributed by atoms with Crippen molar-refractivity contribution >= 4 is 11.8 Å². The fourth-order valence-corrected chi connectivity index (χ4v) is 1.54. The average molecular weight is 224 g/mol. The lowest BCUT2D eigenvalue weighted by atomic mass is 10.2. The number of nitrogens with one attached hydrogen (secondary N) is 3. The number of aromatic nitrogens is 4. The van der Waals surface area contributed by atoms with Gasteiger partial charge in [0.05, 0.1) is 6.04 Å². The van der Waals surface area contributed by atoms with Gasteiger partial charge in [0.1, 0.15) is 6.04 Å². The summed E-state index contributed by atoms with van der Waals surface area (Å²) in [6.07, 6.45) is 0.929. The van der Waals surface area contributed by atoms with E-state index in [2.05, 4.69) is 31.3 Å². The summed E-state index contributed by atoms with van der Waals surface area (Å²) in [5, 5.41) is 18.5. The van der Waals surface area contributed by atoms with Crippen LogP contribution < -0.4 is 10.6 Å². The first-order chi connectivity index (χ1) is 7.66. The first-order valence-electron chi connectivity index (χ1n) is 5.00. The van der Waals surface area contributed by atoms with Gasteiger partial charge in [-0.3, -0.25) is 9.59 Å². The molecule has 1 aromatic heterocycles. The molecule has 8 nitrogen and oxygen atoms in total. The van der Waals surface area contributed by atoms with Crippen LogP contribution >= 0.6 is 0 Å². The Hall–Kier alpha value is -1.99. The van der Waals surface area contributed by atoms with Gasteiger partial charge in [0, 0.05) is 6.42 Å². The zero-order chi connectivity index (χ0) is 11.5. The van der Waals surface area contributed by atoms with Crippen molar-refractivity contribution in [3.63, 3.8) is 0 Å². The molecule has 2 heterocycles. The van der Waals surface area contributed by atoms with Crippen molar-refractivity contribution in [3.05, 3.63) is 5.82 Å². The van der Waals surface area contributed by atoms with E-state index in [1.807, 2.05) is 0 Å². The maximum absolute atomic E-state index is 11.7. The molecule has 0 aliphatic carbocycles. The van der Waals surface area contributed by atoms with E-state index < -0.39 is 6.04 Å². The molecule has 0 aromatic carbocycles. The van der Waals surface area contributed by atoms with Gasteiger partial charge in [0.15, 0.2) is 5.82 Å². The number of tetrazole rings is 1. The Morgan fingerprint density at radius 1 is 1.62 bits per heavy atom. The molecule has 0 saturated carbocycles. The van der Waals surface area contributed by atoms with E-state index in [-0.39, 0.29) is 17.9 Å². The number of carbonyl (C=O) groups excluding carboxylic acids is 2. The smallest absolute Gasteiger partial charge is 0.243 e. The number of hydrogen-bond acceptors (Lipinski definition) is 5. The third kappa shape index (κ3) is 2.15. The summed E-state index contributed by atoms with van der Waals surface area (Å²) in [5.74, 6) is 0.105. The molecular weight excluding hydrogens is 212 g/mol. The fraction of sp³-hybridized carbons (Fsp3) is 0.625. The largest absolute Gasteiger partial charge is 0.344 e. The molecule has 1 saturated heterocycles. The molecule has 0 bridgehead atoms. The Balaban J connectivity index is 1.90. The van der Waals surface area contributed by atoms with Crippen LogP contribution in [0.5, 0.6) is 0 Å². The van der Waals surface area contributed by atoms with Gasteiger partial charge in [-0.2, -0.15) is 5.21 Å². The Morgan fingerprint density at radius 3 is 3.00 bits per heavy atom. The van der Waals surface area contributed by atoms with Crippen LogP contribution in [0.4, 0.5) is 0 Å². The minimum absolute atomic E-state index is 0.0904. The van der Waals surface area contributed by atoms with Gasteiger partial charge in [-0.15, -0.1) is 10.2 Å². The van der Waals surface area contributed by atoms with Crippen LogP contribution in [0, 0.1) is 0 Å². The summed E-state index contributed by atoms with van der Waals surface area (Å²) in [5.41, 5.74) is 0. The van der Waals surface area contributed by atoms with Crippen molar-refractivity contribution in [2.45, 2.75) is 31.8 Å². The highest BCUT2D eigenvalue weighted by Gasteiger charge is 2.28. The van der Waals surface area contributed by atoms with E-state index in [9.17, 15) is 9.59 Å². The first-order valence-corrected chi connectivity index (χ1v) is 5.00. The second kappa shape index (κ2) is 4.25. The molecule has 2 rings (SSSR count). The molecule has 1 fully saturated rings. The Morgan fingerprint density at radius 2 is 2.44 bits per heavy atom. The molecule has 2 atom stereocenters. The molecule has 1 aliphatic heterocycles. The highest BCUT2D eigenvalue weighted by atomic mass is 16.2. The van der Waals surface area contributed by atoms with Gasteiger partial charge < -0.3 is 10.6 Å². The molecule has 3 N–H and O–H groups in total. The van der Waals surface area contributed by atoms with Crippen molar-refractivity contribution in [1.29, 1.82) is 0 Å². The molecule has 0 spiro atoms. The zero-order valence-electron chi connectivity index (χ0n) is 8.73. The standard InChI is InChI=1S/C8H12N6O2/c1-4(7-11-13-14-12-7)9-8(16)5-2-3-6(15)10-5/h4-5H,2-3H2,1H3,(H,9,16)(H,10,15)(H,11,12,13,14)/t4-,5-/m0/s1. The van der Waals surface area contributed by atoms with Crippen LogP contribution in [0.1, 0.15) is 31.6 Å². The molecule has 0 unspecified atom stereocenters. The van der Waals surface area contributed by atoms with Crippen LogP contribution in [0.2, 0.25) is 0 Å². The second-order valence-electron chi connectivity index (χ2n) is 3.66. The number of carbonyl (C=O) groups is 2. The lowest BCUT2D eigenvalue weighted by Crippen LogP contribution is -2.42. The third-order valence-corrected chi connectivity index (χ3v) is 2.42. The first kappa shape index (κ1) is 10.5. The average Bonchev–Trinajstić information content (AvgIpc) is 2.87. The van der Waals surface area contributed by atoms with Gasteiger partial charge in [-0.25, -0.2) is 0 Å². The molecule has 2 amide bonds. The monoisotopic (exact) mass is 224 g/mol. The molecule has 0 radical (unpaired) electrons. The van der Waals surface area contributed by atoms with Gasteiger partial charge in [-0.1, -0.05) is 5.21 Å². The molecule has 16 heavy (non-hydrogen) atoms. The van der Waals surface area contributed by atoms with E-state index in [1.165, 1.54) is 0 Å². The lowest BCUT2D eigenvalue weighted by Gasteiger charge is -2.14. The van der Waals surface area contributed by atoms with Crippen molar-refractivity contribution in [3.8, 4) is 0 Å². The fourth-order valence-electron chi connectivity index (χ4n) is 1.54. The highest BCUT2D eigenvalue weighted by molar-refractivity contribution is 5.90. The maximum Gasteiger partial charge on any atom is 0.243 e. The summed E-state index contributed by atoms with van der Waals surface area (Å²) in [6.45, 7) is 1.75. The Labute approximate surface area is 91.2 Å². The molecule has 8 heteroatoms. The predicted octanol–water partition coefficient (Wildman–Crippen LogP) is -1.34. The number of nitrogens with zero attached hydrogens (tertiary/aromatic N) is 3. The number of H-pyrrole nitrogens is 1. The van der Waals surface area contributed by atoms with Crippen LogP contribution in [0.25, 0.3) is 0 Å². The number of hydrogen-bond donors (Lipinski definition) is 3. The van der Waals surface area contributed by atoms with Crippen LogP contribution in [-0.4, -0.2) is 38.5 Å². The number of amides is 2. The van der Waals surface area contributed by atoms with E-state index in [0.717, 1.165) is 0 Å². The number of aromatic amines is 1. The SMILES string of the molecule is C[C@H](NC(=O)[C@@H]1CCC(=O)N1)c1nn[nH]n1. The minimum atomic E-state index is -0.443. The van der Waals surface area contributed by atoms with Crippen molar-refractivity contribution in [2.75, 3.05) is 0 Å². The molecule has 1 aliphatic rings. The third-order valence-electron chi connectivity index (χ3n) is 2.42. The van der Waals surface area contributed by atoms with Gasteiger partial charge in [0.2, 0.25) is 11.8 Å². The summed E-state index contributed by atoms with van der Waals surface area (Å²) < 4.78 is 0. The predicted molar refractivity (Wildman–Crippen MR) is 51.9 cm³/mol. The van der Waals surface area contributed by atoms with E-state index in [4.69, 9.17) is 0 Å². The zero-order valence-corrected chi connectivity index (χ0v) is 8.73.